The first-order valence-corrected chi connectivity index (χ1v) is 10.5. The lowest BCUT2D eigenvalue weighted by Crippen LogP contribution is -2.22. The summed E-state index contributed by atoms with van der Waals surface area (Å²) >= 11 is 5.30. The molecule has 0 saturated heterocycles. The normalized spacial score (nSPS) is 13.6. The SMILES string of the molecule is CCCNC(CCCS(=O)(=O)CC)c1cc(C)c(Br)s1. The van der Waals surface area contributed by atoms with Gasteiger partial charge in [-0.25, -0.2) is 8.42 Å². The Morgan fingerprint density at radius 3 is 2.60 bits per heavy atom. The fourth-order valence-corrected chi connectivity index (χ4v) is 4.55. The quantitative estimate of drug-likeness (QED) is 0.700. The number of hydrogen-bond acceptors (Lipinski definition) is 4. The third-order valence-electron chi connectivity index (χ3n) is 3.25. The molecule has 1 rings (SSSR count). The highest BCUT2D eigenvalue weighted by atomic mass is 79.9. The van der Waals surface area contributed by atoms with Crippen molar-refractivity contribution >= 4 is 37.1 Å². The van der Waals surface area contributed by atoms with Crippen molar-refractivity contribution in [3.05, 3.63) is 20.3 Å². The van der Waals surface area contributed by atoms with Crippen LogP contribution in [-0.4, -0.2) is 26.5 Å². The number of hydrogen-bond donors (Lipinski definition) is 1. The van der Waals surface area contributed by atoms with E-state index < -0.39 is 9.84 Å². The van der Waals surface area contributed by atoms with Gasteiger partial charge in [-0.15, -0.1) is 11.3 Å². The van der Waals surface area contributed by atoms with Crippen LogP contribution in [0.4, 0.5) is 0 Å². The molecule has 0 aliphatic carbocycles. The lowest BCUT2D eigenvalue weighted by molar-refractivity contribution is 0.498. The van der Waals surface area contributed by atoms with Crippen molar-refractivity contribution in [3.8, 4) is 0 Å². The molecule has 0 saturated carbocycles. The maximum Gasteiger partial charge on any atom is 0.150 e. The van der Waals surface area contributed by atoms with E-state index in [1.165, 1.54) is 10.4 Å². The van der Waals surface area contributed by atoms with Gasteiger partial charge in [-0.1, -0.05) is 13.8 Å². The second kappa shape index (κ2) is 8.51. The Kier molecular flexibility index (Phi) is 7.72. The molecular weight excluding hydrogens is 358 g/mol. The summed E-state index contributed by atoms with van der Waals surface area (Å²) in [6.07, 6.45) is 2.66. The number of aryl methyl sites for hydroxylation is 1. The fourth-order valence-electron chi connectivity index (χ4n) is 1.97. The fraction of sp³-hybridized carbons (Fsp3) is 0.714. The van der Waals surface area contributed by atoms with Gasteiger partial charge in [0.15, 0.2) is 0 Å². The summed E-state index contributed by atoms with van der Waals surface area (Å²) < 4.78 is 24.3. The van der Waals surface area contributed by atoms with E-state index in [1.54, 1.807) is 18.3 Å². The maximum absolute atomic E-state index is 11.6. The molecule has 0 amide bonds. The van der Waals surface area contributed by atoms with Crippen LogP contribution < -0.4 is 5.32 Å². The van der Waals surface area contributed by atoms with Crippen molar-refractivity contribution in [1.29, 1.82) is 0 Å². The van der Waals surface area contributed by atoms with Crippen LogP contribution in [0, 0.1) is 6.92 Å². The van der Waals surface area contributed by atoms with Crippen molar-refractivity contribution in [2.75, 3.05) is 18.1 Å². The van der Waals surface area contributed by atoms with E-state index in [4.69, 9.17) is 0 Å². The van der Waals surface area contributed by atoms with E-state index in [2.05, 4.69) is 41.2 Å². The van der Waals surface area contributed by atoms with E-state index in [0.29, 0.717) is 12.2 Å². The van der Waals surface area contributed by atoms with Crippen LogP contribution >= 0.6 is 27.3 Å². The maximum atomic E-state index is 11.6. The topological polar surface area (TPSA) is 46.2 Å². The summed E-state index contributed by atoms with van der Waals surface area (Å²) in [6, 6.07) is 2.45. The Balaban J connectivity index is 2.65. The summed E-state index contributed by atoms with van der Waals surface area (Å²) in [7, 11) is -2.85. The van der Waals surface area contributed by atoms with Gasteiger partial charge in [-0.05, 0) is 60.3 Å². The van der Waals surface area contributed by atoms with Crippen molar-refractivity contribution in [1.82, 2.24) is 5.32 Å². The molecule has 0 aliphatic heterocycles. The summed E-state index contributed by atoms with van der Waals surface area (Å²) in [5, 5.41) is 3.53. The van der Waals surface area contributed by atoms with Crippen molar-refractivity contribution in [3.63, 3.8) is 0 Å². The van der Waals surface area contributed by atoms with Crippen LogP contribution in [0.5, 0.6) is 0 Å². The van der Waals surface area contributed by atoms with Crippen molar-refractivity contribution in [2.45, 2.75) is 46.1 Å². The standard InChI is InChI=1S/C14H24BrNO2S2/c1-4-8-16-12(7-6-9-20(17,18)5-2)13-10-11(3)14(15)19-13/h10,12,16H,4-9H2,1-3H3. The average molecular weight is 382 g/mol. The third kappa shape index (κ3) is 5.84. The number of halogens is 1. The molecule has 0 fully saturated rings. The number of sulfone groups is 1. The molecule has 1 unspecified atom stereocenters. The number of nitrogens with one attached hydrogen (secondary N) is 1. The molecule has 1 aromatic rings. The lowest BCUT2D eigenvalue weighted by Gasteiger charge is -2.17. The Morgan fingerprint density at radius 1 is 1.40 bits per heavy atom. The van der Waals surface area contributed by atoms with Crippen LogP contribution in [0.15, 0.2) is 9.85 Å². The summed E-state index contributed by atoms with van der Waals surface area (Å²) in [5.74, 6) is 0.531. The summed E-state index contributed by atoms with van der Waals surface area (Å²) in [5.41, 5.74) is 1.24. The molecule has 1 aromatic heterocycles. The van der Waals surface area contributed by atoms with Crippen LogP contribution in [0.2, 0.25) is 0 Å². The molecule has 0 radical (unpaired) electrons. The summed E-state index contributed by atoms with van der Waals surface area (Å²) in [4.78, 5) is 1.29. The summed E-state index contributed by atoms with van der Waals surface area (Å²) in [6.45, 7) is 6.89. The zero-order chi connectivity index (χ0) is 15.2. The first-order valence-electron chi connectivity index (χ1n) is 7.09. The van der Waals surface area contributed by atoms with E-state index in [0.717, 1.165) is 23.2 Å². The molecule has 3 nitrogen and oxygen atoms in total. The van der Waals surface area contributed by atoms with Gasteiger partial charge in [0, 0.05) is 16.7 Å². The Labute approximate surface area is 135 Å². The Bertz CT molecular complexity index is 492. The van der Waals surface area contributed by atoms with Gasteiger partial charge in [-0.3, -0.25) is 0 Å². The number of rotatable bonds is 9. The van der Waals surface area contributed by atoms with Gasteiger partial charge in [0.1, 0.15) is 9.84 Å². The monoisotopic (exact) mass is 381 g/mol. The smallest absolute Gasteiger partial charge is 0.150 e. The minimum Gasteiger partial charge on any atom is -0.309 e. The van der Waals surface area contributed by atoms with Gasteiger partial charge in [0.2, 0.25) is 0 Å². The van der Waals surface area contributed by atoms with E-state index in [1.807, 2.05) is 0 Å². The highest BCUT2D eigenvalue weighted by Crippen LogP contribution is 2.33. The molecule has 116 valence electrons. The largest absolute Gasteiger partial charge is 0.309 e. The van der Waals surface area contributed by atoms with Crippen LogP contribution in [-0.2, 0) is 9.84 Å². The Hall–Kier alpha value is 0.0900. The third-order valence-corrected chi connectivity index (χ3v) is 7.29. The molecule has 20 heavy (non-hydrogen) atoms. The molecular formula is C14H24BrNO2S2. The van der Waals surface area contributed by atoms with Crippen molar-refractivity contribution in [2.24, 2.45) is 0 Å². The zero-order valence-corrected chi connectivity index (χ0v) is 15.6. The van der Waals surface area contributed by atoms with E-state index >= 15 is 0 Å². The lowest BCUT2D eigenvalue weighted by atomic mass is 10.1. The molecule has 0 aliphatic rings. The van der Waals surface area contributed by atoms with Crippen LogP contribution in [0.25, 0.3) is 0 Å². The average Bonchev–Trinajstić information content (AvgIpc) is 2.73. The second-order valence-electron chi connectivity index (χ2n) is 4.99. The van der Waals surface area contributed by atoms with Gasteiger partial charge in [0.05, 0.1) is 9.54 Å². The van der Waals surface area contributed by atoms with Gasteiger partial charge in [0.25, 0.3) is 0 Å². The molecule has 0 bridgehead atoms. The first-order chi connectivity index (χ1) is 9.39. The molecule has 1 heterocycles. The highest BCUT2D eigenvalue weighted by Gasteiger charge is 2.16. The predicted molar refractivity (Wildman–Crippen MR) is 91.4 cm³/mol. The predicted octanol–water partition coefficient (Wildman–Crippen LogP) is 4.07. The van der Waals surface area contributed by atoms with Crippen molar-refractivity contribution < 1.29 is 8.42 Å². The highest BCUT2D eigenvalue weighted by molar-refractivity contribution is 9.11. The van der Waals surface area contributed by atoms with E-state index in [9.17, 15) is 8.42 Å². The van der Waals surface area contributed by atoms with Gasteiger partial charge < -0.3 is 5.32 Å². The molecule has 1 atom stereocenters. The van der Waals surface area contributed by atoms with Gasteiger partial charge in [-0.2, -0.15) is 0 Å². The minimum absolute atomic E-state index is 0.240. The molecule has 1 N–H and O–H groups in total. The molecule has 6 heteroatoms. The number of thiophene rings is 1. The Morgan fingerprint density at radius 2 is 2.10 bits per heavy atom. The van der Waals surface area contributed by atoms with Crippen LogP contribution in [0.1, 0.15) is 49.6 Å². The van der Waals surface area contributed by atoms with E-state index in [-0.39, 0.29) is 11.8 Å². The molecule has 0 aromatic carbocycles. The zero-order valence-electron chi connectivity index (χ0n) is 12.4. The first kappa shape index (κ1) is 18.1. The second-order valence-corrected chi connectivity index (χ2v) is 9.87. The minimum atomic E-state index is -2.85. The van der Waals surface area contributed by atoms with Crippen LogP contribution in [0.3, 0.4) is 0 Å². The molecule has 0 spiro atoms. The van der Waals surface area contributed by atoms with Gasteiger partial charge >= 0.3 is 0 Å².